The molecule has 1 aliphatic rings. The summed E-state index contributed by atoms with van der Waals surface area (Å²) in [5.74, 6) is -0.200. The van der Waals surface area contributed by atoms with Crippen LogP contribution in [0.5, 0.6) is 5.75 Å². The number of halogens is 1. The molecule has 1 aromatic carbocycles. The van der Waals surface area contributed by atoms with E-state index < -0.39 is 0 Å². The zero-order valence-corrected chi connectivity index (χ0v) is 9.37. The van der Waals surface area contributed by atoms with Gasteiger partial charge in [-0.05, 0) is 31.0 Å². The second kappa shape index (κ2) is 4.58. The lowest BCUT2D eigenvalue weighted by Crippen LogP contribution is -2.32. The Morgan fingerprint density at radius 2 is 2.06 bits per heavy atom. The monoisotopic (exact) mass is 237 g/mol. The maximum absolute atomic E-state index is 11.8. The smallest absolute Gasteiger partial charge is 0.253 e. The molecular formula is C12H12ClNO2. The van der Waals surface area contributed by atoms with Crippen LogP contribution in [0.25, 0.3) is 0 Å². The van der Waals surface area contributed by atoms with Crippen molar-refractivity contribution >= 4 is 17.5 Å². The number of carbonyl (C=O) groups excluding carboxylic acids is 1. The molecule has 1 aliphatic carbocycles. The summed E-state index contributed by atoms with van der Waals surface area (Å²) >= 11 is 5.89. The summed E-state index contributed by atoms with van der Waals surface area (Å²) in [6.45, 7) is 0. The van der Waals surface area contributed by atoms with Crippen molar-refractivity contribution in [3.05, 3.63) is 40.9 Å². The average molecular weight is 238 g/mol. The fraction of sp³-hybridized carbons (Fsp3) is 0.250. The molecule has 0 saturated carbocycles. The van der Waals surface area contributed by atoms with E-state index >= 15 is 0 Å². The number of phenolic OH excluding ortho intramolecular Hbond substituents is 1. The number of aromatic hydroxyl groups is 1. The normalized spacial score (nSPS) is 15.3. The van der Waals surface area contributed by atoms with Gasteiger partial charge in [0.15, 0.2) is 0 Å². The predicted molar refractivity (Wildman–Crippen MR) is 62.7 cm³/mol. The Kier molecular flexibility index (Phi) is 3.15. The number of amides is 1. The van der Waals surface area contributed by atoms with Crippen LogP contribution in [0.3, 0.4) is 0 Å². The number of hydrogen-bond donors (Lipinski definition) is 2. The molecule has 0 atom stereocenters. The van der Waals surface area contributed by atoms with Gasteiger partial charge in [0.1, 0.15) is 5.75 Å². The largest absolute Gasteiger partial charge is 0.508 e. The van der Waals surface area contributed by atoms with Crippen molar-refractivity contribution in [2.75, 3.05) is 0 Å². The Bertz CT molecular complexity index is 435. The first-order valence-electron chi connectivity index (χ1n) is 5.11. The number of carbonyl (C=O) groups is 1. The Balaban J connectivity index is 2.10. The maximum Gasteiger partial charge on any atom is 0.253 e. The fourth-order valence-electron chi connectivity index (χ4n) is 1.69. The van der Waals surface area contributed by atoms with Crippen LogP contribution < -0.4 is 5.32 Å². The summed E-state index contributed by atoms with van der Waals surface area (Å²) in [7, 11) is 0. The molecule has 1 amide bonds. The van der Waals surface area contributed by atoms with Crippen molar-refractivity contribution < 1.29 is 9.90 Å². The van der Waals surface area contributed by atoms with Gasteiger partial charge >= 0.3 is 0 Å². The van der Waals surface area contributed by atoms with Gasteiger partial charge in [-0.3, -0.25) is 4.79 Å². The van der Waals surface area contributed by atoms with Crippen LogP contribution >= 0.6 is 11.6 Å². The van der Waals surface area contributed by atoms with E-state index in [0.29, 0.717) is 10.6 Å². The van der Waals surface area contributed by atoms with Crippen molar-refractivity contribution in [1.82, 2.24) is 5.32 Å². The van der Waals surface area contributed by atoms with Crippen LogP contribution in [0.2, 0.25) is 5.02 Å². The Morgan fingerprint density at radius 1 is 1.38 bits per heavy atom. The lowest BCUT2D eigenvalue weighted by atomic mass is 10.1. The molecule has 0 heterocycles. The Morgan fingerprint density at radius 3 is 2.75 bits per heavy atom. The molecule has 2 rings (SSSR count). The molecule has 0 fully saturated rings. The molecule has 16 heavy (non-hydrogen) atoms. The first kappa shape index (κ1) is 11.0. The van der Waals surface area contributed by atoms with E-state index in [0.717, 1.165) is 12.8 Å². The highest BCUT2D eigenvalue weighted by Crippen LogP contribution is 2.21. The van der Waals surface area contributed by atoms with E-state index in [1.54, 1.807) is 0 Å². The molecule has 0 saturated heterocycles. The van der Waals surface area contributed by atoms with Crippen molar-refractivity contribution in [2.45, 2.75) is 18.9 Å². The second-order valence-electron chi connectivity index (χ2n) is 3.78. The summed E-state index contributed by atoms with van der Waals surface area (Å²) in [4.78, 5) is 11.8. The van der Waals surface area contributed by atoms with Gasteiger partial charge < -0.3 is 10.4 Å². The highest BCUT2D eigenvalue weighted by atomic mass is 35.5. The number of phenols is 1. The second-order valence-corrected chi connectivity index (χ2v) is 4.18. The first-order valence-corrected chi connectivity index (χ1v) is 5.49. The molecule has 0 radical (unpaired) electrons. The Labute approximate surface area is 98.7 Å². The van der Waals surface area contributed by atoms with Crippen molar-refractivity contribution in [3.63, 3.8) is 0 Å². The SMILES string of the molecule is O=C(NC1CC=CC1)c1cc(O)ccc1Cl. The minimum atomic E-state index is -0.241. The minimum Gasteiger partial charge on any atom is -0.508 e. The summed E-state index contributed by atoms with van der Waals surface area (Å²) < 4.78 is 0. The van der Waals surface area contributed by atoms with E-state index in [9.17, 15) is 9.90 Å². The van der Waals surface area contributed by atoms with Crippen LogP contribution in [0.4, 0.5) is 0 Å². The van der Waals surface area contributed by atoms with Crippen molar-refractivity contribution in [3.8, 4) is 5.75 Å². The molecule has 84 valence electrons. The third-order valence-corrected chi connectivity index (χ3v) is 2.87. The van der Waals surface area contributed by atoms with Gasteiger partial charge in [-0.1, -0.05) is 23.8 Å². The molecule has 1 aromatic rings. The van der Waals surface area contributed by atoms with Crippen LogP contribution in [-0.2, 0) is 0 Å². The summed E-state index contributed by atoms with van der Waals surface area (Å²) in [6.07, 6.45) is 5.77. The molecule has 0 aliphatic heterocycles. The summed E-state index contributed by atoms with van der Waals surface area (Å²) in [5.41, 5.74) is 0.313. The van der Waals surface area contributed by atoms with Crippen molar-refractivity contribution in [1.29, 1.82) is 0 Å². The third kappa shape index (κ3) is 2.36. The standard InChI is InChI=1S/C12H12ClNO2/c13-11-6-5-9(15)7-10(11)12(16)14-8-3-1-2-4-8/h1-2,5-8,15H,3-4H2,(H,14,16). The molecule has 0 bridgehead atoms. The lowest BCUT2D eigenvalue weighted by molar-refractivity contribution is 0.0938. The summed E-state index contributed by atoms with van der Waals surface area (Å²) in [6, 6.07) is 4.49. The van der Waals surface area contributed by atoms with E-state index in [4.69, 9.17) is 11.6 Å². The van der Waals surface area contributed by atoms with Crippen molar-refractivity contribution in [2.24, 2.45) is 0 Å². The topological polar surface area (TPSA) is 49.3 Å². The summed E-state index contributed by atoms with van der Waals surface area (Å²) in [5, 5.41) is 12.5. The maximum atomic E-state index is 11.8. The molecule has 4 heteroatoms. The van der Waals surface area contributed by atoms with Gasteiger partial charge in [-0.2, -0.15) is 0 Å². The van der Waals surface area contributed by atoms with Gasteiger partial charge in [0.2, 0.25) is 0 Å². The number of nitrogens with one attached hydrogen (secondary N) is 1. The highest BCUT2D eigenvalue weighted by molar-refractivity contribution is 6.33. The van der Waals surface area contributed by atoms with Crippen LogP contribution in [0.1, 0.15) is 23.2 Å². The number of rotatable bonds is 2. The quantitative estimate of drug-likeness (QED) is 0.777. The average Bonchev–Trinajstić information content (AvgIpc) is 2.74. The highest BCUT2D eigenvalue weighted by Gasteiger charge is 2.16. The van der Waals surface area contributed by atoms with E-state index in [1.807, 2.05) is 12.2 Å². The number of benzene rings is 1. The number of hydrogen-bond acceptors (Lipinski definition) is 2. The minimum absolute atomic E-state index is 0.0408. The molecule has 2 N–H and O–H groups in total. The van der Waals surface area contributed by atoms with Gasteiger partial charge in [-0.15, -0.1) is 0 Å². The van der Waals surface area contributed by atoms with E-state index in [-0.39, 0.29) is 17.7 Å². The van der Waals surface area contributed by atoms with Gasteiger partial charge in [0.25, 0.3) is 5.91 Å². The molecule has 0 unspecified atom stereocenters. The first-order chi connectivity index (χ1) is 7.66. The van der Waals surface area contributed by atoms with Gasteiger partial charge in [0, 0.05) is 6.04 Å². The predicted octanol–water partition coefficient (Wildman–Crippen LogP) is 2.49. The van der Waals surface area contributed by atoms with Crippen LogP contribution in [0, 0.1) is 0 Å². The van der Waals surface area contributed by atoms with Crippen LogP contribution in [0.15, 0.2) is 30.4 Å². The molecular weight excluding hydrogens is 226 g/mol. The lowest BCUT2D eigenvalue weighted by Gasteiger charge is -2.12. The van der Waals surface area contributed by atoms with E-state index in [1.165, 1.54) is 18.2 Å². The third-order valence-electron chi connectivity index (χ3n) is 2.54. The molecule has 3 nitrogen and oxygen atoms in total. The fourth-order valence-corrected chi connectivity index (χ4v) is 1.89. The zero-order chi connectivity index (χ0) is 11.5. The zero-order valence-electron chi connectivity index (χ0n) is 8.61. The Hall–Kier alpha value is -1.48. The van der Waals surface area contributed by atoms with E-state index in [2.05, 4.69) is 5.32 Å². The van der Waals surface area contributed by atoms with Gasteiger partial charge in [-0.25, -0.2) is 0 Å². The van der Waals surface area contributed by atoms with Crippen LogP contribution in [-0.4, -0.2) is 17.1 Å². The van der Waals surface area contributed by atoms with Gasteiger partial charge in [0.05, 0.1) is 10.6 Å². The molecule has 0 spiro atoms. The molecule has 0 aromatic heterocycles.